The summed E-state index contributed by atoms with van der Waals surface area (Å²) in [7, 11) is 0. The molecule has 132 valence electrons. The fourth-order valence-corrected chi connectivity index (χ4v) is 2.87. The summed E-state index contributed by atoms with van der Waals surface area (Å²) >= 11 is 0. The quantitative estimate of drug-likeness (QED) is 0.846. The monoisotopic (exact) mass is 340 g/mol. The summed E-state index contributed by atoms with van der Waals surface area (Å²) in [5.41, 5.74) is 2.17. The van der Waals surface area contributed by atoms with Crippen LogP contribution in [0.5, 0.6) is 0 Å². The molecule has 1 amide bonds. The molecule has 6 nitrogen and oxygen atoms in total. The first-order chi connectivity index (χ1) is 12.1. The lowest BCUT2D eigenvalue weighted by molar-refractivity contribution is 0.0934. The number of carbonyl (C=O) groups excluding carboxylic acids is 1. The molecule has 2 N–H and O–H groups in total. The Bertz CT molecular complexity index is 715. The molecule has 2 heterocycles. The van der Waals surface area contributed by atoms with Gasteiger partial charge in [-0.2, -0.15) is 0 Å². The Balaban J connectivity index is 1.65. The molecular formula is C19H24N4O2. The highest BCUT2D eigenvalue weighted by molar-refractivity contribution is 5.92. The second kappa shape index (κ2) is 8.07. The smallest absolute Gasteiger partial charge is 0.270 e. The largest absolute Gasteiger partial charge is 0.376 e. The maximum Gasteiger partial charge on any atom is 0.270 e. The molecule has 0 saturated carbocycles. The van der Waals surface area contributed by atoms with Gasteiger partial charge >= 0.3 is 0 Å². The third-order valence-electron chi connectivity index (χ3n) is 4.25. The molecule has 6 heteroatoms. The normalized spacial score (nSPS) is 17.9. The lowest BCUT2D eigenvalue weighted by atomic mass is 10.1. The summed E-state index contributed by atoms with van der Waals surface area (Å²) in [5.74, 6) is 0.259. The molecule has 2 aromatic rings. The molecule has 2 atom stereocenters. The van der Waals surface area contributed by atoms with E-state index in [0.717, 1.165) is 30.7 Å². The Morgan fingerprint density at radius 1 is 1.32 bits per heavy atom. The van der Waals surface area contributed by atoms with Gasteiger partial charge in [0.15, 0.2) is 0 Å². The van der Waals surface area contributed by atoms with E-state index in [0.29, 0.717) is 18.2 Å². The predicted molar refractivity (Wildman–Crippen MR) is 96.6 cm³/mol. The maximum absolute atomic E-state index is 12.5. The fraction of sp³-hybridized carbons (Fsp3) is 0.421. The molecule has 25 heavy (non-hydrogen) atoms. The highest BCUT2D eigenvalue weighted by atomic mass is 16.5. The van der Waals surface area contributed by atoms with E-state index in [2.05, 4.69) is 20.6 Å². The number of nitrogens with one attached hydrogen (secondary N) is 2. The van der Waals surface area contributed by atoms with Crippen LogP contribution in [0.2, 0.25) is 0 Å². The molecule has 2 unspecified atom stereocenters. The van der Waals surface area contributed by atoms with E-state index < -0.39 is 0 Å². The Kier molecular flexibility index (Phi) is 5.60. The lowest BCUT2D eigenvalue weighted by Crippen LogP contribution is -2.28. The number of benzene rings is 1. The van der Waals surface area contributed by atoms with E-state index in [1.165, 1.54) is 0 Å². The molecule has 1 aromatic carbocycles. The van der Waals surface area contributed by atoms with Crippen molar-refractivity contribution in [2.75, 3.05) is 18.5 Å². The first-order valence-corrected chi connectivity index (χ1v) is 8.69. The third-order valence-corrected chi connectivity index (χ3v) is 4.25. The van der Waals surface area contributed by atoms with Crippen molar-refractivity contribution in [3.63, 3.8) is 0 Å². The zero-order valence-electron chi connectivity index (χ0n) is 14.7. The Hall–Kier alpha value is -2.47. The summed E-state index contributed by atoms with van der Waals surface area (Å²) in [5, 5.41) is 6.16. The number of hydrogen-bond donors (Lipinski definition) is 2. The van der Waals surface area contributed by atoms with Crippen molar-refractivity contribution >= 4 is 11.9 Å². The van der Waals surface area contributed by atoms with Gasteiger partial charge in [-0.05, 0) is 38.3 Å². The standard InChI is InChI=1S/C19H24N4O2/c1-13-11-17(18(24)22-14(2)15-7-4-3-5-8-15)23-19(21-13)20-12-16-9-6-10-25-16/h3-5,7-8,11,14,16H,6,9-10,12H2,1-2H3,(H,22,24)(H,20,21,23). The molecule has 1 aromatic heterocycles. The molecule has 0 aliphatic carbocycles. The number of ether oxygens (including phenoxy) is 1. The minimum Gasteiger partial charge on any atom is -0.376 e. The molecule has 1 aliphatic rings. The van der Waals surface area contributed by atoms with E-state index in [1.54, 1.807) is 6.07 Å². The molecule has 1 fully saturated rings. The molecule has 1 aliphatic heterocycles. The average Bonchev–Trinajstić information content (AvgIpc) is 3.14. The van der Waals surface area contributed by atoms with Crippen LogP contribution in [0.3, 0.4) is 0 Å². The Morgan fingerprint density at radius 2 is 2.12 bits per heavy atom. The van der Waals surface area contributed by atoms with Gasteiger partial charge < -0.3 is 15.4 Å². The van der Waals surface area contributed by atoms with Crippen molar-refractivity contribution < 1.29 is 9.53 Å². The van der Waals surface area contributed by atoms with E-state index >= 15 is 0 Å². The number of anilines is 1. The van der Waals surface area contributed by atoms with Gasteiger partial charge in [0.05, 0.1) is 12.1 Å². The van der Waals surface area contributed by atoms with E-state index in [4.69, 9.17) is 4.74 Å². The van der Waals surface area contributed by atoms with Gasteiger partial charge in [0, 0.05) is 18.8 Å². The third kappa shape index (κ3) is 4.76. The number of hydrogen-bond acceptors (Lipinski definition) is 5. The van der Waals surface area contributed by atoms with Crippen LogP contribution in [0.15, 0.2) is 36.4 Å². The average molecular weight is 340 g/mol. The highest BCUT2D eigenvalue weighted by Gasteiger charge is 2.17. The van der Waals surface area contributed by atoms with Crippen LogP contribution in [-0.4, -0.2) is 35.1 Å². The van der Waals surface area contributed by atoms with E-state index in [-0.39, 0.29) is 18.1 Å². The molecule has 3 rings (SSSR count). The SMILES string of the molecule is Cc1cc(C(=O)NC(C)c2ccccc2)nc(NCC2CCCO2)n1. The van der Waals surface area contributed by atoms with Crippen LogP contribution in [0, 0.1) is 6.92 Å². The molecule has 0 spiro atoms. The number of nitrogens with zero attached hydrogens (tertiary/aromatic N) is 2. The number of carbonyl (C=O) groups is 1. The lowest BCUT2D eigenvalue weighted by Gasteiger charge is -2.15. The van der Waals surface area contributed by atoms with Crippen LogP contribution in [0.4, 0.5) is 5.95 Å². The van der Waals surface area contributed by atoms with Crippen LogP contribution in [0.25, 0.3) is 0 Å². The van der Waals surface area contributed by atoms with Crippen LogP contribution in [-0.2, 0) is 4.74 Å². The number of amides is 1. The number of aryl methyl sites for hydroxylation is 1. The molecule has 0 bridgehead atoms. The summed E-state index contributed by atoms with van der Waals surface area (Å²) in [6, 6.07) is 11.5. The van der Waals surface area contributed by atoms with Crippen LogP contribution >= 0.6 is 0 Å². The van der Waals surface area contributed by atoms with E-state index in [9.17, 15) is 4.79 Å². The highest BCUT2D eigenvalue weighted by Crippen LogP contribution is 2.14. The van der Waals surface area contributed by atoms with Gasteiger partial charge in [0.2, 0.25) is 5.95 Å². The minimum absolute atomic E-state index is 0.0905. The topological polar surface area (TPSA) is 76.1 Å². The second-order valence-corrected chi connectivity index (χ2v) is 6.34. The van der Waals surface area contributed by atoms with Crippen molar-refractivity contribution in [2.45, 2.75) is 38.8 Å². The van der Waals surface area contributed by atoms with Gasteiger partial charge in [-0.15, -0.1) is 0 Å². The maximum atomic E-state index is 12.5. The first kappa shape index (κ1) is 17.4. The minimum atomic E-state index is -0.206. The van der Waals surface area contributed by atoms with Gasteiger partial charge in [-0.3, -0.25) is 4.79 Å². The molecular weight excluding hydrogens is 316 g/mol. The zero-order valence-corrected chi connectivity index (χ0v) is 14.7. The van der Waals surface area contributed by atoms with Crippen molar-refractivity contribution in [3.05, 3.63) is 53.3 Å². The van der Waals surface area contributed by atoms with Crippen molar-refractivity contribution in [1.29, 1.82) is 0 Å². The molecule has 1 saturated heterocycles. The Morgan fingerprint density at radius 3 is 2.84 bits per heavy atom. The number of rotatable bonds is 6. The van der Waals surface area contributed by atoms with Crippen LogP contribution in [0.1, 0.15) is 47.6 Å². The summed E-state index contributed by atoms with van der Waals surface area (Å²) in [6.07, 6.45) is 2.33. The van der Waals surface area contributed by atoms with Crippen LogP contribution < -0.4 is 10.6 Å². The van der Waals surface area contributed by atoms with Gasteiger partial charge in [-0.1, -0.05) is 30.3 Å². The number of aromatic nitrogens is 2. The van der Waals surface area contributed by atoms with Gasteiger partial charge in [-0.25, -0.2) is 9.97 Å². The Labute approximate surface area is 148 Å². The predicted octanol–water partition coefficient (Wildman–Crippen LogP) is 2.87. The van der Waals surface area contributed by atoms with Gasteiger partial charge in [0.25, 0.3) is 5.91 Å². The van der Waals surface area contributed by atoms with Crippen molar-refractivity contribution in [1.82, 2.24) is 15.3 Å². The second-order valence-electron chi connectivity index (χ2n) is 6.34. The van der Waals surface area contributed by atoms with E-state index in [1.807, 2.05) is 44.2 Å². The molecule has 0 radical (unpaired) electrons. The van der Waals surface area contributed by atoms with Gasteiger partial charge in [0.1, 0.15) is 5.69 Å². The first-order valence-electron chi connectivity index (χ1n) is 8.69. The summed E-state index contributed by atoms with van der Waals surface area (Å²) in [6.45, 7) is 5.28. The zero-order chi connectivity index (χ0) is 17.6. The van der Waals surface area contributed by atoms with Crippen molar-refractivity contribution in [3.8, 4) is 0 Å². The summed E-state index contributed by atoms with van der Waals surface area (Å²) < 4.78 is 5.59. The van der Waals surface area contributed by atoms with Crippen molar-refractivity contribution in [2.24, 2.45) is 0 Å². The summed E-state index contributed by atoms with van der Waals surface area (Å²) in [4.78, 5) is 21.2. The fourth-order valence-electron chi connectivity index (χ4n) is 2.87.